The molecule has 1 fully saturated rings. The molecule has 1 saturated carbocycles. The Bertz CT molecular complexity index is 640. The van der Waals surface area contributed by atoms with E-state index in [2.05, 4.69) is 6.07 Å². The summed E-state index contributed by atoms with van der Waals surface area (Å²) in [5, 5.41) is 22.9. The second kappa shape index (κ2) is 5.78. The smallest absolute Gasteiger partial charge is 0.303 e. The summed E-state index contributed by atoms with van der Waals surface area (Å²) in [5.74, 6) is -0.751. The van der Waals surface area contributed by atoms with Crippen LogP contribution in [0.1, 0.15) is 50.2 Å². The van der Waals surface area contributed by atoms with Crippen molar-refractivity contribution in [3.63, 3.8) is 0 Å². The summed E-state index contributed by atoms with van der Waals surface area (Å²) in [4.78, 5) is 11.2. The van der Waals surface area contributed by atoms with E-state index in [1.807, 2.05) is 23.6 Å². The van der Waals surface area contributed by atoms with Crippen molar-refractivity contribution >= 4 is 27.4 Å². The first kappa shape index (κ1) is 14.5. The molecule has 1 aromatic heterocycles. The molecule has 3 rings (SSSR count). The van der Waals surface area contributed by atoms with Gasteiger partial charge in [0.05, 0.1) is 12.5 Å². The van der Waals surface area contributed by atoms with E-state index in [0.29, 0.717) is 6.42 Å². The quantitative estimate of drug-likeness (QED) is 0.863. The van der Waals surface area contributed by atoms with Crippen molar-refractivity contribution in [3.8, 4) is 0 Å². The van der Waals surface area contributed by atoms with Gasteiger partial charge < -0.3 is 10.2 Å². The van der Waals surface area contributed by atoms with Crippen molar-refractivity contribution in [2.75, 3.05) is 0 Å². The van der Waals surface area contributed by atoms with Gasteiger partial charge in [-0.25, -0.2) is 0 Å². The van der Waals surface area contributed by atoms with E-state index in [1.165, 1.54) is 4.70 Å². The third-order valence-electron chi connectivity index (χ3n) is 4.69. The number of rotatable bonds is 5. The van der Waals surface area contributed by atoms with Gasteiger partial charge in [-0.3, -0.25) is 4.79 Å². The summed E-state index contributed by atoms with van der Waals surface area (Å²) < 4.78 is 1.17. The lowest BCUT2D eigenvalue weighted by molar-refractivity contribution is -0.140. The average molecular weight is 304 g/mol. The van der Waals surface area contributed by atoms with Crippen molar-refractivity contribution in [2.24, 2.45) is 5.41 Å². The topological polar surface area (TPSA) is 57.5 Å². The van der Waals surface area contributed by atoms with Crippen LogP contribution in [0.4, 0.5) is 0 Å². The molecule has 4 heteroatoms. The number of fused-ring (bicyclic) bond motifs is 1. The first-order valence-electron chi connectivity index (χ1n) is 7.46. The number of thiophene rings is 1. The van der Waals surface area contributed by atoms with Crippen molar-refractivity contribution in [1.29, 1.82) is 0 Å². The van der Waals surface area contributed by atoms with Gasteiger partial charge in [-0.05, 0) is 47.1 Å². The summed E-state index contributed by atoms with van der Waals surface area (Å²) in [6.45, 7) is 0. The predicted molar refractivity (Wildman–Crippen MR) is 84.6 cm³/mol. The van der Waals surface area contributed by atoms with Gasteiger partial charge in [0.15, 0.2) is 0 Å². The van der Waals surface area contributed by atoms with E-state index in [4.69, 9.17) is 0 Å². The highest BCUT2D eigenvalue weighted by Crippen LogP contribution is 2.48. The van der Waals surface area contributed by atoms with Crippen LogP contribution in [0.25, 0.3) is 10.1 Å². The first-order valence-corrected chi connectivity index (χ1v) is 8.34. The second-order valence-corrected chi connectivity index (χ2v) is 7.10. The summed E-state index contributed by atoms with van der Waals surface area (Å²) >= 11 is 1.64. The van der Waals surface area contributed by atoms with Crippen LogP contribution in [0, 0.1) is 5.41 Å². The Morgan fingerprint density at radius 2 is 2.00 bits per heavy atom. The van der Waals surface area contributed by atoms with Gasteiger partial charge in [-0.1, -0.05) is 31.0 Å². The Morgan fingerprint density at radius 1 is 1.29 bits per heavy atom. The predicted octanol–water partition coefficient (Wildman–Crippen LogP) is 4.36. The normalized spacial score (nSPS) is 18.9. The minimum absolute atomic E-state index is 0.173. The maximum absolute atomic E-state index is 11.2. The van der Waals surface area contributed by atoms with Crippen molar-refractivity contribution in [2.45, 2.75) is 44.6 Å². The van der Waals surface area contributed by atoms with Crippen molar-refractivity contribution in [1.82, 2.24) is 0 Å². The highest BCUT2D eigenvalue weighted by Gasteiger charge is 2.38. The molecule has 0 spiro atoms. The summed E-state index contributed by atoms with van der Waals surface area (Å²) in [7, 11) is 0. The van der Waals surface area contributed by atoms with Gasteiger partial charge in [-0.15, -0.1) is 11.3 Å². The maximum atomic E-state index is 11.2. The number of hydrogen-bond acceptors (Lipinski definition) is 3. The minimum atomic E-state index is -0.751. The molecular weight excluding hydrogens is 284 g/mol. The fourth-order valence-electron chi connectivity index (χ4n) is 3.68. The molecule has 1 aliphatic rings. The standard InChI is InChI=1S/C17H20O3S/c18-14(9-17(10-16(19)20)7-3-4-8-17)13-11-21-15-6-2-1-5-12(13)15/h1-2,5-6,11,14,18H,3-4,7-10H2,(H,19,20). The third kappa shape index (κ3) is 2.97. The molecule has 1 unspecified atom stereocenters. The lowest BCUT2D eigenvalue weighted by Crippen LogP contribution is -2.23. The summed E-state index contributed by atoms with van der Waals surface area (Å²) in [6, 6.07) is 8.06. The molecule has 3 nitrogen and oxygen atoms in total. The highest BCUT2D eigenvalue weighted by atomic mass is 32.1. The largest absolute Gasteiger partial charge is 0.481 e. The molecule has 112 valence electrons. The molecule has 2 aromatic rings. The van der Waals surface area contributed by atoms with Crippen LogP contribution in [-0.4, -0.2) is 16.2 Å². The van der Waals surface area contributed by atoms with Crippen LogP contribution >= 0.6 is 11.3 Å². The molecule has 0 amide bonds. The number of aliphatic hydroxyl groups excluding tert-OH is 1. The zero-order valence-electron chi connectivity index (χ0n) is 11.9. The Morgan fingerprint density at radius 3 is 2.71 bits per heavy atom. The van der Waals surface area contributed by atoms with Gasteiger partial charge in [0.1, 0.15) is 0 Å². The van der Waals surface area contributed by atoms with Gasteiger partial charge >= 0.3 is 5.97 Å². The fraction of sp³-hybridized carbons (Fsp3) is 0.471. The number of hydrogen-bond donors (Lipinski definition) is 2. The fourth-order valence-corrected chi connectivity index (χ4v) is 4.68. The first-order chi connectivity index (χ1) is 10.1. The van der Waals surface area contributed by atoms with Crippen molar-refractivity contribution < 1.29 is 15.0 Å². The van der Waals surface area contributed by atoms with Crippen LogP contribution in [0.3, 0.4) is 0 Å². The Kier molecular flexibility index (Phi) is 4.00. The van der Waals surface area contributed by atoms with Gasteiger partial charge in [-0.2, -0.15) is 0 Å². The lowest BCUT2D eigenvalue weighted by atomic mass is 9.76. The number of carboxylic acid groups (broad SMARTS) is 1. The summed E-state index contributed by atoms with van der Waals surface area (Å²) in [5.41, 5.74) is 0.723. The van der Waals surface area contributed by atoms with Gasteiger partial charge in [0.25, 0.3) is 0 Å². The van der Waals surface area contributed by atoms with E-state index in [1.54, 1.807) is 11.3 Å². The van der Waals surface area contributed by atoms with Gasteiger partial charge in [0.2, 0.25) is 0 Å². The molecule has 21 heavy (non-hydrogen) atoms. The van der Waals surface area contributed by atoms with Crippen LogP contribution in [-0.2, 0) is 4.79 Å². The molecule has 1 heterocycles. The Balaban J connectivity index is 1.84. The molecule has 2 N–H and O–H groups in total. The molecule has 0 radical (unpaired) electrons. The van der Waals surface area contributed by atoms with E-state index in [9.17, 15) is 15.0 Å². The molecule has 0 saturated heterocycles. The molecule has 0 bridgehead atoms. The maximum Gasteiger partial charge on any atom is 0.303 e. The Hall–Kier alpha value is -1.39. The van der Waals surface area contributed by atoms with Crippen LogP contribution < -0.4 is 0 Å². The number of carbonyl (C=O) groups is 1. The Labute approximate surface area is 128 Å². The van der Waals surface area contributed by atoms with Gasteiger partial charge in [0, 0.05) is 4.70 Å². The van der Waals surface area contributed by atoms with Crippen LogP contribution in [0.5, 0.6) is 0 Å². The number of benzene rings is 1. The molecular formula is C17H20O3S. The van der Waals surface area contributed by atoms with Crippen LogP contribution in [0.15, 0.2) is 29.6 Å². The average Bonchev–Trinajstić information content (AvgIpc) is 3.04. The molecule has 1 aromatic carbocycles. The second-order valence-electron chi connectivity index (χ2n) is 6.18. The lowest BCUT2D eigenvalue weighted by Gasteiger charge is -2.29. The van der Waals surface area contributed by atoms with Crippen LogP contribution in [0.2, 0.25) is 0 Å². The molecule has 1 aliphatic carbocycles. The van der Waals surface area contributed by atoms with E-state index in [0.717, 1.165) is 36.6 Å². The molecule has 0 aliphatic heterocycles. The molecule has 1 atom stereocenters. The third-order valence-corrected chi connectivity index (χ3v) is 5.67. The zero-order valence-corrected chi connectivity index (χ0v) is 12.7. The number of aliphatic carboxylic acids is 1. The van der Waals surface area contributed by atoms with E-state index >= 15 is 0 Å². The van der Waals surface area contributed by atoms with E-state index in [-0.39, 0.29) is 11.8 Å². The SMILES string of the molecule is O=C(O)CC1(CC(O)c2csc3ccccc23)CCCC1. The van der Waals surface area contributed by atoms with E-state index < -0.39 is 12.1 Å². The number of carboxylic acids is 1. The highest BCUT2D eigenvalue weighted by molar-refractivity contribution is 7.17. The number of aliphatic hydroxyl groups is 1. The minimum Gasteiger partial charge on any atom is -0.481 e. The van der Waals surface area contributed by atoms with Crippen molar-refractivity contribution in [3.05, 3.63) is 35.2 Å². The monoisotopic (exact) mass is 304 g/mol. The zero-order chi connectivity index (χ0) is 14.9. The summed E-state index contributed by atoms with van der Waals surface area (Å²) in [6.07, 6.45) is 4.14.